The average molecular weight is 385 g/mol. The monoisotopic (exact) mass is 384 g/mol. The van der Waals surface area contributed by atoms with E-state index in [2.05, 4.69) is 23.2 Å². The lowest BCUT2D eigenvalue weighted by Crippen LogP contribution is -2.46. The van der Waals surface area contributed by atoms with Gasteiger partial charge in [0.05, 0.1) is 10.8 Å². The van der Waals surface area contributed by atoms with Crippen LogP contribution in [0, 0.1) is 0 Å². The van der Waals surface area contributed by atoms with Gasteiger partial charge in [0.1, 0.15) is 5.82 Å². The van der Waals surface area contributed by atoms with Crippen LogP contribution in [-0.4, -0.2) is 44.7 Å². The van der Waals surface area contributed by atoms with Crippen molar-refractivity contribution in [3.63, 3.8) is 0 Å². The smallest absolute Gasteiger partial charge is 0.236 e. The van der Waals surface area contributed by atoms with E-state index in [0.29, 0.717) is 17.2 Å². The molecule has 1 aromatic heterocycles. The number of para-hydroxylation sites is 1. The van der Waals surface area contributed by atoms with Crippen molar-refractivity contribution in [2.45, 2.75) is 74.9 Å². The van der Waals surface area contributed by atoms with Crippen molar-refractivity contribution in [1.29, 1.82) is 0 Å². The number of hydrogen-bond donors (Lipinski definition) is 1. The van der Waals surface area contributed by atoms with Crippen molar-refractivity contribution in [2.24, 2.45) is 0 Å². The summed E-state index contributed by atoms with van der Waals surface area (Å²) in [6.45, 7) is 5.05. The molecule has 1 aromatic carbocycles. The lowest BCUT2D eigenvalue weighted by Gasteiger charge is -2.36. The summed E-state index contributed by atoms with van der Waals surface area (Å²) >= 11 is 1.48. The molecule has 1 saturated heterocycles. The number of amides is 1. The van der Waals surface area contributed by atoms with Gasteiger partial charge in [-0.05, 0) is 57.6 Å². The van der Waals surface area contributed by atoms with Gasteiger partial charge in [0.15, 0.2) is 5.16 Å². The Morgan fingerprint density at radius 3 is 2.85 bits per heavy atom. The molecule has 27 heavy (non-hydrogen) atoms. The Hall–Kier alpha value is -1.82. The van der Waals surface area contributed by atoms with Crippen molar-refractivity contribution in [3.05, 3.63) is 24.3 Å². The number of thioether (sulfide) groups is 1. The Bertz CT molecular complexity index is 823. The first-order chi connectivity index (χ1) is 13.2. The highest BCUT2D eigenvalue weighted by Crippen LogP contribution is 2.32. The van der Waals surface area contributed by atoms with Crippen molar-refractivity contribution in [2.75, 3.05) is 11.9 Å². The summed E-state index contributed by atoms with van der Waals surface area (Å²) in [6, 6.07) is 9.01. The summed E-state index contributed by atoms with van der Waals surface area (Å²) in [6.07, 6.45) is 6.90. The molecule has 0 radical (unpaired) electrons. The van der Waals surface area contributed by atoms with Crippen LogP contribution in [0.1, 0.15) is 52.4 Å². The molecule has 6 heteroatoms. The van der Waals surface area contributed by atoms with Crippen LogP contribution in [0.5, 0.6) is 0 Å². The largest absolute Gasteiger partial charge is 0.367 e. The lowest BCUT2D eigenvalue weighted by molar-refractivity contribution is -0.134. The van der Waals surface area contributed by atoms with E-state index in [1.807, 2.05) is 25.1 Å². The van der Waals surface area contributed by atoms with Gasteiger partial charge in [-0.15, -0.1) is 0 Å². The maximum Gasteiger partial charge on any atom is 0.236 e. The Morgan fingerprint density at radius 1 is 1.26 bits per heavy atom. The van der Waals surface area contributed by atoms with Crippen LogP contribution in [0.4, 0.5) is 5.82 Å². The maximum absolute atomic E-state index is 13.0. The average Bonchev–Trinajstić information content (AvgIpc) is 3.51. The number of likely N-dealkylation sites (tertiary alicyclic amines) is 1. The van der Waals surface area contributed by atoms with E-state index in [1.54, 1.807) is 0 Å². The molecule has 1 amide bonds. The first kappa shape index (κ1) is 18.5. The third kappa shape index (κ3) is 4.21. The van der Waals surface area contributed by atoms with Gasteiger partial charge < -0.3 is 10.2 Å². The zero-order valence-corrected chi connectivity index (χ0v) is 17.0. The number of carbonyl (C=O) groups excluding carboxylic acids is 1. The van der Waals surface area contributed by atoms with Crippen molar-refractivity contribution in [3.8, 4) is 0 Å². The quantitative estimate of drug-likeness (QED) is 0.588. The highest BCUT2D eigenvalue weighted by atomic mass is 32.2. The number of piperidine rings is 1. The zero-order chi connectivity index (χ0) is 18.8. The second kappa shape index (κ2) is 8.05. The third-order valence-electron chi connectivity index (χ3n) is 5.51. The molecule has 2 atom stereocenters. The molecule has 1 aliphatic carbocycles. The van der Waals surface area contributed by atoms with Gasteiger partial charge in [0, 0.05) is 24.0 Å². The van der Waals surface area contributed by atoms with Gasteiger partial charge in [-0.25, -0.2) is 9.97 Å². The predicted octanol–water partition coefficient (Wildman–Crippen LogP) is 4.48. The summed E-state index contributed by atoms with van der Waals surface area (Å²) in [5, 5.41) is 5.08. The maximum atomic E-state index is 13.0. The molecule has 0 spiro atoms. The molecule has 0 unspecified atom stereocenters. The summed E-state index contributed by atoms with van der Waals surface area (Å²) in [4.78, 5) is 24.6. The molecule has 1 aliphatic heterocycles. The molecule has 0 bridgehead atoms. The van der Waals surface area contributed by atoms with Gasteiger partial charge in [0.25, 0.3) is 0 Å². The number of aromatic nitrogens is 2. The van der Waals surface area contributed by atoms with E-state index in [9.17, 15) is 4.79 Å². The number of nitrogens with one attached hydrogen (secondary N) is 1. The van der Waals surface area contributed by atoms with Crippen LogP contribution in [0.2, 0.25) is 0 Å². The predicted molar refractivity (Wildman–Crippen MR) is 111 cm³/mol. The van der Waals surface area contributed by atoms with Crippen molar-refractivity contribution in [1.82, 2.24) is 14.9 Å². The molecule has 2 aliphatic rings. The fourth-order valence-electron chi connectivity index (χ4n) is 3.80. The van der Waals surface area contributed by atoms with Crippen LogP contribution in [0.25, 0.3) is 10.9 Å². The molecule has 2 aromatic rings. The van der Waals surface area contributed by atoms with Gasteiger partial charge in [0.2, 0.25) is 5.91 Å². The first-order valence-corrected chi connectivity index (χ1v) is 11.0. The third-order valence-corrected chi connectivity index (χ3v) is 6.46. The van der Waals surface area contributed by atoms with Crippen LogP contribution >= 0.6 is 11.8 Å². The number of nitrogens with zero attached hydrogens (tertiary/aromatic N) is 3. The van der Waals surface area contributed by atoms with Crippen molar-refractivity contribution < 1.29 is 4.79 Å². The number of benzene rings is 1. The van der Waals surface area contributed by atoms with E-state index in [-0.39, 0.29) is 11.2 Å². The van der Waals surface area contributed by atoms with Gasteiger partial charge in [-0.1, -0.05) is 30.8 Å². The number of hydrogen-bond acceptors (Lipinski definition) is 5. The number of carbonyl (C=O) groups is 1. The summed E-state index contributed by atoms with van der Waals surface area (Å²) in [7, 11) is 0. The molecule has 1 saturated carbocycles. The van der Waals surface area contributed by atoms with E-state index >= 15 is 0 Å². The van der Waals surface area contributed by atoms with Crippen LogP contribution < -0.4 is 5.32 Å². The Morgan fingerprint density at radius 2 is 2.07 bits per heavy atom. The number of fused-ring (bicyclic) bond motifs is 1. The molecule has 4 rings (SSSR count). The zero-order valence-electron chi connectivity index (χ0n) is 16.1. The Balaban J connectivity index is 1.54. The van der Waals surface area contributed by atoms with Crippen LogP contribution in [-0.2, 0) is 4.79 Å². The van der Waals surface area contributed by atoms with Crippen LogP contribution in [0.15, 0.2) is 29.4 Å². The Labute approximate surface area is 165 Å². The topological polar surface area (TPSA) is 58.1 Å². The summed E-state index contributed by atoms with van der Waals surface area (Å²) in [5.41, 5.74) is 0.933. The minimum atomic E-state index is -0.174. The molecule has 144 valence electrons. The fourth-order valence-corrected chi connectivity index (χ4v) is 4.64. The van der Waals surface area contributed by atoms with Gasteiger partial charge in [-0.3, -0.25) is 4.79 Å². The highest BCUT2D eigenvalue weighted by Gasteiger charge is 2.30. The van der Waals surface area contributed by atoms with E-state index in [0.717, 1.165) is 42.5 Å². The normalized spacial score (nSPS) is 21.3. The molecular weight excluding hydrogens is 356 g/mol. The van der Waals surface area contributed by atoms with Gasteiger partial charge >= 0.3 is 0 Å². The van der Waals surface area contributed by atoms with E-state index < -0.39 is 0 Å². The fraction of sp³-hybridized carbons (Fsp3) is 0.571. The Kier molecular flexibility index (Phi) is 5.53. The number of rotatable bonds is 6. The summed E-state index contributed by atoms with van der Waals surface area (Å²) in [5.74, 6) is 1.12. The second-order valence-corrected chi connectivity index (χ2v) is 8.95. The number of anilines is 1. The molecule has 5 nitrogen and oxygen atoms in total. The van der Waals surface area contributed by atoms with E-state index in [1.165, 1.54) is 31.0 Å². The SMILES string of the molecule is CC[C@H]1CCCCN1C(=O)[C@@H](C)Sc1nc(NC2CC2)c2ccccc2n1. The van der Waals surface area contributed by atoms with E-state index in [4.69, 9.17) is 9.97 Å². The minimum Gasteiger partial charge on any atom is -0.367 e. The molecular formula is C21H28N4OS. The van der Waals surface area contributed by atoms with Crippen molar-refractivity contribution >= 4 is 34.4 Å². The van der Waals surface area contributed by atoms with Gasteiger partial charge in [-0.2, -0.15) is 0 Å². The molecule has 1 N–H and O–H groups in total. The summed E-state index contributed by atoms with van der Waals surface area (Å²) < 4.78 is 0. The molecule has 2 fully saturated rings. The lowest BCUT2D eigenvalue weighted by atomic mass is 10.00. The standard InChI is InChI=1S/C21H28N4OS/c1-3-16-8-6-7-13-25(16)20(26)14(2)27-21-23-18-10-5-4-9-17(18)19(24-21)22-15-11-12-15/h4-5,9-10,14-16H,3,6-8,11-13H2,1-2H3,(H,22,23,24)/t14-,16+/m1/s1. The minimum absolute atomic E-state index is 0.174. The highest BCUT2D eigenvalue weighted by molar-refractivity contribution is 8.00. The second-order valence-electron chi connectivity index (χ2n) is 7.64. The molecule has 2 heterocycles. The van der Waals surface area contributed by atoms with Crippen LogP contribution in [0.3, 0.4) is 0 Å². The first-order valence-electron chi connectivity index (χ1n) is 10.2.